The molecular formula is C17H32N4O3. The van der Waals surface area contributed by atoms with Gasteiger partial charge in [-0.1, -0.05) is 13.8 Å². The molecule has 0 aliphatic carbocycles. The Bertz CT molecular complexity index is 441. The summed E-state index contributed by atoms with van der Waals surface area (Å²) in [5.74, 6) is -0.207. The molecule has 1 heterocycles. The standard InChI is InChI=1S/C17H32N4O3/c1-5-20(6-2)17(24)13-7-9-21(10-8-13)14(22)11-19-16(23)15(18)12(3)4/h12-13,15H,5-11,18H2,1-4H3,(H,19,23)/t15-/m0/s1. The third-order valence-corrected chi connectivity index (χ3v) is 4.71. The summed E-state index contributed by atoms with van der Waals surface area (Å²) >= 11 is 0. The zero-order chi connectivity index (χ0) is 18.3. The second-order valence-corrected chi connectivity index (χ2v) is 6.65. The number of piperidine rings is 1. The molecule has 0 aromatic carbocycles. The lowest BCUT2D eigenvalue weighted by Crippen LogP contribution is -2.50. The van der Waals surface area contributed by atoms with Crippen LogP contribution in [0.4, 0.5) is 0 Å². The van der Waals surface area contributed by atoms with Gasteiger partial charge in [-0.25, -0.2) is 0 Å². The minimum Gasteiger partial charge on any atom is -0.346 e. The molecule has 1 rings (SSSR count). The van der Waals surface area contributed by atoms with Gasteiger partial charge in [0.1, 0.15) is 0 Å². The summed E-state index contributed by atoms with van der Waals surface area (Å²) in [6.07, 6.45) is 1.36. The van der Waals surface area contributed by atoms with E-state index in [9.17, 15) is 14.4 Å². The largest absolute Gasteiger partial charge is 0.346 e. The van der Waals surface area contributed by atoms with E-state index in [1.165, 1.54) is 0 Å². The van der Waals surface area contributed by atoms with Crippen LogP contribution in [-0.2, 0) is 14.4 Å². The summed E-state index contributed by atoms with van der Waals surface area (Å²) in [4.78, 5) is 39.9. The number of rotatable bonds is 7. The van der Waals surface area contributed by atoms with Crippen LogP contribution in [0, 0.1) is 11.8 Å². The zero-order valence-corrected chi connectivity index (χ0v) is 15.4. The van der Waals surface area contributed by atoms with Crippen LogP contribution in [0.15, 0.2) is 0 Å². The topological polar surface area (TPSA) is 95.7 Å². The zero-order valence-electron chi connectivity index (χ0n) is 15.4. The number of amides is 3. The smallest absolute Gasteiger partial charge is 0.241 e. The van der Waals surface area contributed by atoms with Crippen molar-refractivity contribution in [1.29, 1.82) is 0 Å². The molecule has 1 atom stereocenters. The molecule has 7 nitrogen and oxygen atoms in total. The van der Waals surface area contributed by atoms with Crippen molar-refractivity contribution < 1.29 is 14.4 Å². The Morgan fingerprint density at radius 3 is 2.17 bits per heavy atom. The molecular weight excluding hydrogens is 308 g/mol. The van der Waals surface area contributed by atoms with Crippen molar-refractivity contribution in [3.8, 4) is 0 Å². The summed E-state index contributed by atoms with van der Waals surface area (Å²) in [5, 5.41) is 2.60. The molecule has 7 heteroatoms. The molecule has 3 N–H and O–H groups in total. The number of nitrogens with one attached hydrogen (secondary N) is 1. The Kier molecular flexibility index (Phi) is 8.18. The lowest BCUT2D eigenvalue weighted by molar-refractivity contribution is -0.140. The number of likely N-dealkylation sites (tertiary alicyclic amines) is 1. The Balaban J connectivity index is 2.40. The maximum atomic E-state index is 12.3. The fraction of sp³-hybridized carbons (Fsp3) is 0.824. The van der Waals surface area contributed by atoms with Gasteiger partial charge in [-0.3, -0.25) is 14.4 Å². The first-order valence-corrected chi connectivity index (χ1v) is 8.91. The lowest BCUT2D eigenvalue weighted by Gasteiger charge is -2.33. The number of hydrogen-bond acceptors (Lipinski definition) is 4. The van der Waals surface area contributed by atoms with Crippen LogP contribution in [0.3, 0.4) is 0 Å². The monoisotopic (exact) mass is 340 g/mol. The minimum absolute atomic E-state index is 0.00194. The fourth-order valence-electron chi connectivity index (χ4n) is 2.86. The maximum Gasteiger partial charge on any atom is 0.241 e. The van der Waals surface area contributed by atoms with Crippen LogP contribution in [-0.4, -0.2) is 66.3 Å². The Hall–Kier alpha value is -1.63. The highest BCUT2D eigenvalue weighted by Crippen LogP contribution is 2.19. The van der Waals surface area contributed by atoms with E-state index >= 15 is 0 Å². The van der Waals surface area contributed by atoms with Crippen molar-refractivity contribution in [2.24, 2.45) is 17.6 Å². The Morgan fingerprint density at radius 2 is 1.71 bits per heavy atom. The molecule has 3 amide bonds. The van der Waals surface area contributed by atoms with Crippen LogP contribution in [0.25, 0.3) is 0 Å². The first-order valence-electron chi connectivity index (χ1n) is 8.91. The minimum atomic E-state index is -0.602. The van der Waals surface area contributed by atoms with Crippen molar-refractivity contribution in [3.05, 3.63) is 0 Å². The molecule has 0 unspecified atom stereocenters. The normalized spacial score (nSPS) is 16.8. The molecule has 0 radical (unpaired) electrons. The maximum absolute atomic E-state index is 12.3. The van der Waals surface area contributed by atoms with Gasteiger partial charge in [0.05, 0.1) is 12.6 Å². The number of nitrogens with two attached hydrogens (primary N) is 1. The lowest BCUT2D eigenvalue weighted by atomic mass is 9.95. The number of carbonyl (C=O) groups is 3. The Morgan fingerprint density at radius 1 is 1.17 bits per heavy atom. The highest BCUT2D eigenvalue weighted by Gasteiger charge is 2.29. The molecule has 0 saturated carbocycles. The van der Waals surface area contributed by atoms with Crippen LogP contribution >= 0.6 is 0 Å². The number of hydrogen-bond donors (Lipinski definition) is 2. The molecule has 1 fully saturated rings. The highest BCUT2D eigenvalue weighted by atomic mass is 16.2. The average Bonchev–Trinajstić information content (AvgIpc) is 2.59. The van der Waals surface area contributed by atoms with Crippen molar-refractivity contribution in [3.63, 3.8) is 0 Å². The quantitative estimate of drug-likeness (QED) is 0.692. The van der Waals surface area contributed by atoms with Crippen molar-refractivity contribution in [2.75, 3.05) is 32.7 Å². The number of nitrogens with zero attached hydrogens (tertiary/aromatic N) is 2. The van der Waals surface area contributed by atoms with E-state index in [-0.39, 0.29) is 36.1 Å². The van der Waals surface area contributed by atoms with E-state index < -0.39 is 6.04 Å². The first-order chi connectivity index (χ1) is 11.3. The molecule has 0 aromatic heterocycles. The van der Waals surface area contributed by atoms with Crippen molar-refractivity contribution >= 4 is 17.7 Å². The van der Waals surface area contributed by atoms with Crippen LogP contribution in [0.5, 0.6) is 0 Å². The second kappa shape index (κ2) is 9.61. The van der Waals surface area contributed by atoms with Crippen LogP contribution in [0.2, 0.25) is 0 Å². The molecule has 1 aliphatic rings. The molecule has 138 valence electrons. The second-order valence-electron chi connectivity index (χ2n) is 6.65. The highest BCUT2D eigenvalue weighted by molar-refractivity contribution is 5.87. The van der Waals surface area contributed by atoms with Gasteiger partial charge in [0.25, 0.3) is 0 Å². The average molecular weight is 340 g/mol. The van der Waals surface area contributed by atoms with Gasteiger partial charge < -0.3 is 20.9 Å². The predicted molar refractivity (Wildman–Crippen MR) is 93.1 cm³/mol. The van der Waals surface area contributed by atoms with Crippen LogP contribution < -0.4 is 11.1 Å². The predicted octanol–water partition coefficient (Wildman–Crippen LogP) is 0.193. The van der Waals surface area contributed by atoms with E-state index in [1.54, 1.807) is 4.90 Å². The third kappa shape index (κ3) is 5.47. The molecule has 0 aromatic rings. The SMILES string of the molecule is CCN(CC)C(=O)C1CCN(C(=O)CNC(=O)[C@@H](N)C(C)C)CC1. The van der Waals surface area contributed by atoms with Crippen molar-refractivity contribution in [2.45, 2.75) is 46.6 Å². The van der Waals surface area contributed by atoms with Gasteiger partial charge in [-0.15, -0.1) is 0 Å². The van der Waals surface area contributed by atoms with Gasteiger partial charge in [-0.05, 0) is 32.6 Å². The van der Waals surface area contributed by atoms with E-state index in [2.05, 4.69) is 5.32 Å². The summed E-state index contributed by atoms with van der Waals surface area (Å²) in [7, 11) is 0. The summed E-state index contributed by atoms with van der Waals surface area (Å²) in [5.41, 5.74) is 5.75. The number of carbonyl (C=O) groups excluding carboxylic acids is 3. The molecule has 24 heavy (non-hydrogen) atoms. The first kappa shape index (κ1) is 20.4. The van der Waals surface area contributed by atoms with Gasteiger partial charge in [-0.2, -0.15) is 0 Å². The summed E-state index contributed by atoms with van der Waals surface area (Å²) in [6.45, 7) is 10.2. The van der Waals surface area contributed by atoms with Gasteiger partial charge in [0.2, 0.25) is 17.7 Å². The third-order valence-electron chi connectivity index (χ3n) is 4.71. The van der Waals surface area contributed by atoms with E-state index in [0.29, 0.717) is 25.9 Å². The fourth-order valence-corrected chi connectivity index (χ4v) is 2.86. The summed E-state index contributed by atoms with van der Waals surface area (Å²) in [6, 6.07) is -0.602. The van der Waals surface area contributed by atoms with Crippen LogP contribution in [0.1, 0.15) is 40.5 Å². The van der Waals surface area contributed by atoms with E-state index in [1.807, 2.05) is 32.6 Å². The Labute approximate surface area is 144 Å². The molecule has 1 aliphatic heterocycles. The van der Waals surface area contributed by atoms with Gasteiger partial charge in [0.15, 0.2) is 0 Å². The summed E-state index contributed by atoms with van der Waals surface area (Å²) < 4.78 is 0. The van der Waals surface area contributed by atoms with E-state index in [0.717, 1.165) is 13.1 Å². The van der Waals surface area contributed by atoms with Gasteiger partial charge in [0, 0.05) is 32.1 Å². The molecule has 1 saturated heterocycles. The molecule has 0 spiro atoms. The molecule has 0 bridgehead atoms. The van der Waals surface area contributed by atoms with Gasteiger partial charge >= 0.3 is 0 Å². The van der Waals surface area contributed by atoms with Crippen molar-refractivity contribution in [1.82, 2.24) is 15.1 Å². The van der Waals surface area contributed by atoms with E-state index in [4.69, 9.17) is 5.73 Å².